The van der Waals surface area contributed by atoms with E-state index in [0.717, 1.165) is 22.5 Å². The Morgan fingerprint density at radius 2 is 1.87 bits per heavy atom. The Bertz CT molecular complexity index is 1250. The number of phenols is 1. The van der Waals surface area contributed by atoms with E-state index in [1.165, 1.54) is 6.07 Å². The Morgan fingerprint density at radius 1 is 1.16 bits per heavy atom. The summed E-state index contributed by atoms with van der Waals surface area (Å²) in [7, 11) is 0. The zero-order valence-electron chi connectivity index (χ0n) is 18.1. The minimum Gasteiger partial charge on any atom is -0.507 e. The van der Waals surface area contributed by atoms with Gasteiger partial charge in [0, 0.05) is 27.7 Å². The Hall–Kier alpha value is -2.86. The normalized spacial score (nSPS) is 26.6. The number of aromatic nitrogens is 1. The van der Waals surface area contributed by atoms with Gasteiger partial charge in [0.1, 0.15) is 11.6 Å². The van der Waals surface area contributed by atoms with Crippen LogP contribution >= 0.6 is 0 Å². The van der Waals surface area contributed by atoms with Crippen LogP contribution in [0, 0.1) is 18.2 Å². The molecule has 0 unspecified atom stereocenters. The van der Waals surface area contributed by atoms with E-state index in [0.29, 0.717) is 30.4 Å². The van der Waals surface area contributed by atoms with Crippen LogP contribution in [0.25, 0.3) is 16.6 Å². The van der Waals surface area contributed by atoms with Gasteiger partial charge in [-0.05, 0) is 62.6 Å². The predicted octanol–water partition coefficient (Wildman–Crippen LogP) is 5.17. The van der Waals surface area contributed by atoms with Gasteiger partial charge in [0.2, 0.25) is 0 Å². The molecule has 1 spiro atoms. The topological polar surface area (TPSA) is 71.7 Å². The van der Waals surface area contributed by atoms with Crippen molar-refractivity contribution < 1.29 is 24.1 Å². The quantitative estimate of drug-likeness (QED) is 0.596. The summed E-state index contributed by atoms with van der Waals surface area (Å²) in [6.45, 7) is 8.06. The number of rotatable bonds is 2. The molecule has 0 radical (unpaired) electrons. The highest BCUT2D eigenvalue weighted by Gasteiger charge is 2.62. The average molecular weight is 423 g/mol. The minimum absolute atomic E-state index is 0.135. The SMILES string of the molecule is Cc1cc(-n2c3c(c4c(O)cccc42)[C@]2(C[C@@](C)(C(=O)O)C2)OCC3(C)C)ccc1F. The van der Waals surface area contributed by atoms with E-state index in [4.69, 9.17) is 4.74 Å². The summed E-state index contributed by atoms with van der Waals surface area (Å²) >= 11 is 0. The van der Waals surface area contributed by atoms with Gasteiger partial charge in [-0.1, -0.05) is 19.9 Å². The second kappa shape index (κ2) is 6.10. The lowest BCUT2D eigenvalue weighted by Gasteiger charge is -2.56. The third-order valence-corrected chi connectivity index (χ3v) is 7.05. The first kappa shape index (κ1) is 20.1. The molecule has 0 atom stereocenters. The fourth-order valence-corrected chi connectivity index (χ4v) is 5.54. The summed E-state index contributed by atoms with van der Waals surface area (Å²) in [5.74, 6) is -0.974. The van der Waals surface area contributed by atoms with Crippen LogP contribution in [-0.4, -0.2) is 27.4 Å². The number of aliphatic carboxylic acids is 1. The number of ether oxygens (including phenoxy) is 1. The van der Waals surface area contributed by atoms with Crippen LogP contribution in [-0.2, 0) is 20.5 Å². The Morgan fingerprint density at radius 3 is 2.52 bits per heavy atom. The zero-order valence-corrected chi connectivity index (χ0v) is 18.1. The van der Waals surface area contributed by atoms with Gasteiger partial charge in [-0.15, -0.1) is 0 Å². The molecule has 5 nitrogen and oxygen atoms in total. The Balaban J connectivity index is 1.86. The van der Waals surface area contributed by atoms with Crippen LogP contribution in [0.5, 0.6) is 5.75 Å². The van der Waals surface area contributed by atoms with Crippen molar-refractivity contribution in [3.63, 3.8) is 0 Å². The standard InChI is InChI=1S/C25H26FNO4/c1-14-10-15(8-9-16(14)26)27-17-6-5-7-18(28)19(17)20-21(27)23(2,3)13-31-25(20)11-24(4,12-25)22(29)30/h5-10,28H,11-13H2,1-4H3,(H,29,30)/t24-,25-. The molecule has 2 aliphatic rings. The van der Waals surface area contributed by atoms with E-state index in [2.05, 4.69) is 18.4 Å². The number of carbonyl (C=O) groups is 1. The van der Waals surface area contributed by atoms with E-state index >= 15 is 0 Å². The van der Waals surface area contributed by atoms with Crippen molar-refractivity contribution in [2.45, 2.75) is 51.6 Å². The van der Waals surface area contributed by atoms with Crippen molar-refractivity contribution in [1.82, 2.24) is 4.57 Å². The highest BCUT2D eigenvalue weighted by molar-refractivity contribution is 5.94. The number of carboxylic acids is 1. The summed E-state index contributed by atoms with van der Waals surface area (Å²) in [5, 5.41) is 21.3. The molecule has 162 valence electrons. The van der Waals surface area contributed by atoms with Crippen LogP contribution in [0.2, 0.25) is 0 Å². The molecular weight excluding hydrogens is 397 g/mol. The molecule has 5 rings (SSSR count). The van der Waals surface area contributed by atoms with Crippen LogP contribution in [0.15, 0.2) is 36.4 Å². The minimum atomic E-state index is -0.871. The number of carboxylic acid groups (broad SMARTS) is 1. The first-order valence-corrected chi connectivity index (χ1v) is 10.5. The molecule has 0 amide bonds. The summed E-state index contributed by atoms with van der Waals surface area (Å²) in [4.78, 5) is 11.8. The Kier molecular flexibility index (Phi) is 3.95. The first-order chi connectivity index (χ1) is 14.5. The van der Waals surface area contributed by atoms with Gasteiger partial charge in [0.25, 0.3) is 0 Å². The third kappa shape index (κ3) is 2.61. The van der Waals surface area contributed by atoms with Crippen LogP contribution in [0.4, 0.5) is 4.39 Å². The van der Waals surface area contributed by atoms with E-state index in [1.54, 1.807) is 38.1 Å². The molecule has 3 aromatic rings. The highest BCUT2D eigenvalue weighted by atomic mass is 19.1. The number of phenolic OH excluding ortho intramolecular Hbond substituents is 1. The van der Waals surface area contributed by atoms with E-state index in [1.807, 2.05) is 6.07 Å². The number of hydrogen-bond donors (Lipinski definition) is 2. The van der Waals surface area contributed by atoms with Gasteiger partial charge in [0.15, 0.2) is 0 Å². The van der Waals surface area contributed by atoms with Gasteiger partial charge in [-0.2, -0.15) is 0 Å². The maximum Gasteiger partial charge on any atom is 0.309 e. The van der Waals surface area contributed by atoms with Gasteiger partial charge in [0.05, 0.1) is 23.1 Å². The lowest BCUT2D eigenvalue weighted by Crippen LogP contribution is -2.57. The summed E-state index contributed by atoms with van der Waals surface area (Å²) in [5.41, 5.74) is 1.95. The monoisotopic (exact) mass is 423 g/mol. The van der Waals surface area contributed by atoms with Crippen molar-refractivity contribution in [3.8, 4) is 11.4 Å². The molecule has 1 aliphatic carbocycles. The molecule has 1 aliphatic heterocycles. The molecule has 0 saturated heterocycles. The highest BCUT2D eigenvalue weighted by Crippen LogP contribution is 2.63. The molecular formula is C25H26FNO4. The number of aryl methyl sites for hydroxylation is 1. The number of hydrogen-bond acceptors (Lipinski definition) is 3. The molecule has 2 heterocycles. The number of fused-ring (bicyclic) bond motifs is 4. The lowest BCUT2D eigenvalue weighted by molar-refractivity contribution is -0.205. The predicted molar refractivity (Wildman–Crippen MR) is 115 cm³/mol. The number of nitrogens with zero attached hydrogens (tertiary/aromatic N) is 1. The molecule has 6 heteroatoms. The fraction of sp³-hybridized carbons (Fsp3) is 0.400. The van der Waals surface area contributed by atoms with Crippen LogP contribution in [0.3, 0.4) is 0 Å². The van der Waals surface area contributed by atoms with Gasteiger partial charge in [-0.3, -0.25) is 4.79 Å². The van der Waals surface area contributed by atoms with Crippen molar-refractivity contribution in [2.75, 3.05) is 6.61 Å². The molecule has 2 N–H and O–H groups in total. The molecule has 2 aromatic carbocycles. The van der Waals surface area contributed by atoms with Gasteiger partial charge < -0.3 is 19.5 Å². The maximum atomic E-state index is 14.0. The molecule has 1 fully saturated rings. The van der Waals surface area contributed by atoms with E-state index in [9.17, 15) is 19.4 Å². The average Bonchev–Trinajstić information content (AvgIpc) is 3.04. The number of aromatic hydroxyl groups is 1. The Labute approximate surface area is 180 Å². The summed E-state index contributed by atoms with van der Waals surface area (Å²) in [6, 6.07) is 10.4. The zero-order chi connectivity index (χ0) is 22.3. The number of benzene rings is 2. The van der Waals surface area contributed by atoms with Gasteiger partial charge >= 0.3 is 5.97 Å². The molecule has 1 saturated carbocycles. The number of halogens is 1. The van der Waals surface area contributed by atoms with Crippen molar-refractivity contribution in [3.05, 3.63) is 59.0 Å². The molecule has 1 aromatic heterocycles. The van der Waals surface area contributed by atoms with Crippen molar-refractivity contribution in [1.29, 1.82) is 0 Å². The first-order valence-electron chi connectivity index (χ1n) is 10.5. The largest absolute Gasteiger partial charge is 0.507 e. The smallest absolute Gasteiger partial charge is 0.309 e. The molecule has 0 bridgehead atoms. The van der Waals surface area contributed by atoms with Crippen LogP contribution in [0.1, 0.15) is 50.4 Å². The van der Waals surface area contributed by atoms with E-state index < -0.39 is 22.4 Å². The maximum absolute atomic E-state index is 14.0. The summed E-state index contributed by atoms with van der Waals surface area (Å²) in [6.07, 6.45) is 0.683. The third-order valence-electron chi connectivity index (χ3n) is 7.05. The summed E-state index contributed by atoms with van der Waals surface area (Å²) < 4.78 is 22.5. The lowest BCUT2D eigenvalue weighted by atomic mass is 9.55. The second-order valence-corrected chi connectivity index (χ2v) is 10.0. The van der Waals surface area contributed by atoms with E-state index in [-0.39, 0.29) is 11.6 Å². The fourth-order valence-electron chi connectivity index (χ4n) is 5.54. The van der Waals surface area contributed by atoms with Gasteiger partial charge in [-0.25, -0.2) is 4.39 Å². The van der Waals surface area contributed by atoms with Crippen LogP contribution < -0.4 is 0 Å². The molecule has 31 heavy (non-hydrogen) atoms. The van der Waals surface area contributed by atoms with Crippen molar-refractivity contribution >= 4 is 16.9 Å². The van der Waals surface area contributed by atoms with Crippen molar-refractivity contribution in [2.24, 2.45) is 5.41 Å². The second-order valence-electron chi connectivity index (χ2n) is 10.0.